The molecule has 0 fully saturated rings. The molecule has 1 N–H and O–H groups in total. The number of ether oxygens (including phenoxy) is 2. The van der Waals surface area contributed by atoms with Gasteiger partial charge in [0.15, 0.2) is 0 Å². The molecule has 276 valence electrons. The Hall–Kier alpha value is -2.06. The third-order valence-electron chi connectivity index (χ3n) is 7.05. The van der Waals surface area contributed by atoms with Crippen molar-refractivity contribution in [2.45, 2.75) is 116 Å². The monoisotopic (exact) mass is 694 g/mol. The number of likely N-dealkylation sites (N-methyl/N-ethyl adjacent to an activating group) is 1. The minimum absolute atomic E-state index is 0.0719. The van der Waals surface area contributed by atoms with E-state index in [0.717, 1.165) is 51.4 Å². The standard InChI is InChI=1S/C39H68NO7P/c1-6-8-10-12-14-15-16-17-18-19-20-21-22-23-24-25-26-28-30-32-39(41)47-38(36-44-34-31-29-27-13-11-9-7-2)37-46-48(42,43)45-35-33-40(3,4)5/h8,10,14-15,17-18,20-21,23-24,26,28,38H,6-7,9,11-13,16,19,22,25,27,29-37H2,1-5H3/p+1/b10-8-,15-14-,18-17-,21-20-,24-23-,28-26-. The quantitative estimate of drug-likeness (QED) is 0.0246. The summed E-state index contributed by atoms with van der Waals surface area (Å²) in [6.07, 6.45) is 39.6. The first-order valence-corrected chi connectivity index (χ1v) is 19.7. The van der Waals surface area contributed by atoms with Gasteiger partial charge in [-0.15, -0.1) is 0 Å². The second-order valence-corrected chi connectivity index (χ2v) is 14.3. The van der Waals surface area contributed by atoms with Gasteiger partial charge in [0.1, 0.15) is 19.3 Å². The summed E-state index contributed by atoms with van der Waals surface area (Å²) in [7, 11) is 1.61. The summed E-state index contributed by atoms with van der Waals surface area (Å²) >= 11 is 0. The van der Waals surface area contributed by atoms with Gasteiger partial charge in [0, 0.05) is 13.0 Å². The van der Waals surface area contributed by atoms with Crippen LogP contribution in [0.2, 0.25) is 0 Å². The first-order chi connectivity index (χ1) is 23.1. The van der Waals surface area contributed by atoms with Crippen molar-refractivity contribution in [2.75, 3.05) is 54.1 Å². The van der Waals surface area contributed by atoms with Gasteiger partial charge in [-0.1, -0.05) is 125 Å². The van der Waals surface area contributed by atoms with E-state index in [4.69, 9.17) is 18.5 Å². The molecule has 2 unspecified atom stereocenters. The van der Waals surface area contributed by atoms with Crippen molar-refractivity contribution in [1.82, 2.24) is 0 Å². The molecule has 0 bridgehead atoms. The van der Waals surface area contributed by atoms with Crippen LogP contribution in [0.5, 0.6) is 0 Å². The van der Waals surface area contributed by atoms with E-state index >= 15 is 0 Å². The van der Waals surface area contributed by atoms with Crippen molar-refractivity contribution < 1.29 is 37.3 Å². The van der Waals surface area contributed by atoms with Gasteiger partial charge in [-0.3, -0.25) is 13.8 Å². The summed E-state index contributed by atoms with van der Waals surface area (Å²) in [4.78, 5) is 22.6. The van der Waals surface area contributed by atoms with E-state index in [1.807, 2.05) is 33.3 Å². The topological polar surface area (TPSA) is 91.3 Å². The first-order valence-electron chi connectivity index (χ1n) is 18.2. The molecule has 9 heteroatoms. The number of hydrogen-bond acceptors (Lipinski definition) is 6. The fourth-order valence-electron chi connectivity index (χ4n) is 4.22. The van der Waals surface area contributed by atoms with Gasteiger partial charge in [-0.05, 0) is 51.4 Å². The maximum absolute atomic E-state index is 12.5. The van der Waals surface area contributed by atoms with Gasteiger partial charge in [0.05, 0.1) is 34.4 Å². The summed E-state index contributed by atoms with van der Waals surface area (Å²) in [6, 6.07) is 0. The highest BCUT2D eigenvalue weighted by atomic mass is 31.2. The first kappa shape index (κ1) is 45.9. The van der Waals surface area contributed by atoms with E-state index in [9.17, 15) is 14.3 Å². The Balaban J connectivity index is 4.42. The van der Waals surface area contributed by atoms with Crippen molar-refractivity contribution >= 4 is 13.8 Å². The normalized spacial score (nSPS) is 14.9. The van der Waals surface area contributed by atoms with Gasteiger partial charge in [-0.25, -0.2) is 4.57 Å². The lowest BCUT2D eigenvalue weighted by molar-refractivity contribution is -0.870. The molecular weight excluding hydrogens is 625 g/mol. The van der Waals surface area contributed by atoms with Crippen LogP contribution in [0.4, 0.5) is 0 Å². The number of carbonyl (C=O) groups excluding carboxylic acids is 1. The number of quaternary nitrogens is 1. The number of phosphoric acid groups is 1. The number of rotatable bonds is 32. The van der Waals surface area contributed by atoms with E-state index in [0.29, 0.717) is 24.1 Å². The minimum Gasteiger partial charge on any atom is -0.457 e. The van der Waals surface area contributed by atoms with Crippen LogP contribution in [-0.4, -0.2) is 75.6 Å². The number of phosphoric ester groups is 1. The Morgan fingerprint density at radius 2 is 1.17 bits per heavy atom. The summed E-state index contributed by atoms with van der Waals surface area (Å²) < 4.78 is 34.6. The van der Waals surface area contributed by atoms with E-state index in [2.05, 4.69) is 74.6 Å². The van der Waals surface area contributed by atoms with E-state index in [1.165, 1.54) is 32.1 Å². The molecule has 48 heavy (non-hydrogen) atoms. The molecule has 0 heterocycles. The molecule has 2 atom stereocenters. The Morgan fingerprint density at radius 3 is 1.69 bits per heavy atom. The molecule has 0 radical (unpaired) electrons. The molecule has 0 aromatic rings. The Labute approximate surface area is 293 Å². The van der Waals surface area contributed by atoms with Crippen LogP contribution in [-0.2, 0) is 27.9 Å². The Morgan fingerprint density at radius 1 is 0.667 bits per heavy atom. The zero-order valence-corrected chi connectivity index (χ0v) is 31.8. The highest BCUT2D eigenvalue weighted by Gasteiger charge is 2.26. The van der Waals surface area contributed by atoms with Gasteiger partial charge in [0.25, 0.3) is 0 Å². The molecule has 0 spiro atoms. The van der Waals surface area contributed by atoms with Crippen LogP contribution >= 0.6 is 7.82 Å². The molecule has 8 nitrogen and oxygen atoms in total. The SMILES string of the molecule is CC/C=C\C/C=C\C/C=C\C/C=C\C/C=C\C/C=C\CCC(=O)OC(COCCCCCCCCC)COP(=O)(O)OCC[N+](C)(C)C. The third-order valence-corrected chi connectivity index (χ3v) is 8.03. The van der Waals surface area contributed by atoms with Crippen LogP contribution in [0, 0.1) is 0 Å². The number of nitrogens with zero attached hydrogens (tertiary/aromatic N) is 1. The van der Waals surface area contributed by atoms with Crippen LogP contribution < -0.4 is 0 Å². The fraction of sp³-hybridized carbons (Fsp3) is 0.667. The average molecular weight is 695 g/mol. The van der Waals surface area contributed by atoms with Gasteiger partial charge >= 0.3 is 13.8 Å². The lowest BCUT2D eigenvalue weighted by Gasteiger charge is -2.24. The van der Waals surface area contributed by atoms with Crippen LogP contribution in [0.15, 0.2) is 72.9 Å². The molecule has 0 aromatic heterocycles. The molecule has 0 aliphatic carbocycles. The molecule has 0 saturated heterocycles. The number of hydrogen-bond donors (Lipinski definition) is 1. The van der Waals surface area contributed by atoms with Gasteiger partial charge in [0.2, 0.25) is 0 Å². The van der Waals surface area contributed by atoms with E-state index < -0.39 is 19.9 Å². The Bertz CT molecular complexity index is 995. The summed E-state index contributed by atoms with van der Waals surface area (Å²) in [5.41, 5.74) is 0. The van der Waals surface area contributed by atoms with Crippen LogP contribution in [0.1, 0.15) is 110 Å². The lowest BCUT2D eigenvalue weighted by Crippen LogP contribution is -2.37. The molecular formula is C39H69NO7P+. The summed E-state index contributed by atoms with van der Waals surface area (Å²) in [6.45, 7) is 5.33. The number of esters is 1. The predicted octanol–water partition coefficient (Wildman–Crippen LogP) is 9.98. The third kappa shape index (κ3) is 35.3. The maximum atomic E-state index is 12.5. The van der Waals surface area contributed by atoms with Crippen molar-refractivity contribution in [2.24, 2.45) is 0 Å². The molecule has 0 aromatic carbocycles. The lowest BCUT2D eigenvalue weighted by atomic mass is 10.1. The molecule has 0 amide bonds. The van der Waals surface area contributed by atoms with Crippen LogP contribution in [0.3, 0.4) is 0 Å². The largest absolute Gasteiger partial charge is 0.472 e. The second-order valence-electron chi connectivity index (χ2n) is 12.9. The number of carbonyl (C=O) groups is 1. The highest BCUT2D eigenvalue weighted by molar-refractivity contribution is 7.47. The fourth-order valence-corrected chi connectivity index (χ4v) is 4.96. The highest BCUT2D eigenvalue weighted by Crippen LogP contribution is 2.43. The van der Waals surface area contributed by atoms with Crippen molar-refractivity contribution in [3.05, 3.63) is 72.9 Å². The van der Waals surface area contributed by atoms with E-state index in [1.54, 1.807) is 0 Å². The van der Waals surface area contributed by atoms with Crippen molar-refractivity contribution in [3.63, 3.8) is 0 Å². The predicted molar refractivity (Wildman–Crippen MR) is 201 cm³/mol. The average Bonchev–Trinajstić information content (AvgIpc) is 3.03. The molecule has 0 saturated carbocycles. The van der Waals surface area contributed by atoms with Gasteiger partial charge < -0.3 is 18.9 Å². The van der Waals surface area contributed by atoms with Crippen LogP contribution in [0.25, 0.3) is 0 Å². The van der Waals surface area contributed by atoms with Crippen molar-refractivity contribution in [3.8, 4) is 0 Å². The molecule has 0 aliphatic heterocycles. The minimum atomic E-state index is -4.28. The molecule has 0 rings (SSSR count). The zero-order chi connectivity index (χ0) is 35.6. The molecule has 0 aliphatic rings. The van der Waals surface area contributed by atoms with Crippen molar-refractivity contribution in [1.29, 1.82) is 0 Å². The number of unbranched alkanes of at least 4 members (excludes halogenated alkanes) is 6. The smallest absolute Gasteiger partial charge is 0.457 e. The van der Waals surface area contributed by atoms with E-state index in [-0.39, 0.29) is 26.2 Å². The maximum Gasteiger partial charge on any atom is 0.472 e. The second kappa shape index (κ2) is 32.2. The summed E-state index contributed by atoms with van der Waals surface area (Å²) in [5.74, 6) is -0.402. The Kier molecular flexibility index (Phi) is 30.8. The summed E-state index contributed by atoms with van der Waals surface area (Å²) in [5, 5.41) is 0. The van der Waals surface area contributed by atoms with Gasteiger partial charge in [-0.2, -0.15) is 0 Å². The zero-order valence-electron chi connectivity index (χ0n) is 30.9. The number of allylic oxidation sites excluding steroid dienone is 12.